The lowest BCUT2D eigenvalue weighted by atomic mass is 9.99. The number of phosphoric ester groups is 1. The van der Waals surface area contributed by atoms with Gasteiger partial charge in [-0.1, -0.05) is 153 Å². The van der Waals surface area contributed by atoms with Gasteiger partial charge < -0.3 is 86.5 Å². The van der Waals surface area contributed by atoms with Crippen molar-refractivity contribution < 1.29 is 159 Å². The Morgan fingerprint density at radius 3 is 1.28 bits per heavy atom. The van der Waals surface area contributed by atoms with Crippen LogP contribution >= 0.6 is 7.82 Å². The number of Topliss-reactive ketones (excluding diaryl/α,β-unsaturated/α-hetero) is 7. The van der Waals surface area contributed by atoms with Crippen molar-refractivity contribution in [2.24, 2.45) is 0 Å². The largest absolute Gasteiger partial charge is 0.508 e. The maximum atomic E-state index is 12.9. The molecule has 0 fully saturated rings. The van der Waals surface area contributed by atoms with Gasteiger partial charge >= 0.3 is 43.6 Å². The van der Waals surface area contributed by atoms with Crippen molar-refractivity contribution in [3.63, 3.8) is 0 Å². The molecule has 0 saturated carbocycles. The van der Waals surface area contributed by atoms with Crippen molar-refractivity contribution in [2.75, 3.05) is 112 Å². The van der Waals surface area contributed by atoms with Crippen LogP contribution in [0.4, 0.5) is 0 Å². The number of hydrogen-bond donors (Lipinski definition) is 12. The number of carbonyl (C=O) groups is 22. The van der Waals surface area contributed by atoms with E-state index in [1.165, 1.54) is 108 Å². The van der Waals surface area contributed by atoms with E-state index in [0.29, 0.717) is 42.6 Å². The fourth-order valence-electron chi connectivity index (χ4n) is 13.8. The van der Waals surface area contributed by atoms with Crippen molar-refractivity contribution in [3.8, 4) is 5.75 Å². The predicted octanol–water partition coefficient (Wildman–Crippen LogP) is 8.28. The van der Waals surface area contributed by atoms with Gasteiger partial charge in [0.1, 0.15) is 50.1 Å². The summed E-state index contributed by atoms with van der Waals surface area (Å²) in [5.41, 5.74) is 0.621. The molecular weight excluding hydrogens is 1890 g/mol. The number of nitrogens with one attached hydrogen (secondary N) is 6. The van der Waals surface area contributed by atoms with E-state index in [-0.39, 0.29) is 140 Å². The molecular formula is C99H157N10O33P. The summed E-state index contributed by atoms with van der Waals surface area (Å²) in [4.78, 5) is 280. The van der Waals surface area contributed by atoms with Crippen LogP contribution in [0.2, 0.25) is 0 Å². The van der Waals surface area contributed by atoms with Crippen molar-refractivity contribution in [1.82, 2.24) is 51.5 Å². The second kappa shape index (κ2) is 83.7. The minimum atomic E-state index is -4.67. The van der Waals surface area contributed by atoms with Gasteiger partial charge in [-0.2, -0.15) is 0 Å². The minimum absolute atomic E-state index is 0.0000474. The molecule has 0 aliphatic heterocycles. The summed E-state index contributed by atoms with van der Waals surface area (Å²) in [6.45, 7) is -2.65. The number of phenols is 1. The Bertz CT molecular complexity index is 4200. The van der Waals surface area contributed by atoms with Crippen LogP contribution < -0.4 is 31.9 Å². The summed E-state index contributed by atoms with van der Waals surface area (Å²) < 4.78 is 34.1. The van der Waals surface area contributed by atoms with E-state index >= 15 is 0 Å². The third kappa shape index (κ3) is 79.5. The fraction of sp³-hybridized carbons (Fsp3) is 0.677. The zero-order valence-electron chi connectivity index (χ0n) is 83.9. The number of phosphoric acid groups is 1. The summed E-state index contributed by atoms with van der Waals surface area (Å²) >= 11 is 0. The number of carbonyl (C=O) groups excluding carboxylic acids is 18. The summed E-state index contributed by atoms with van der Waals surface area (Å²) in [6.07, 6.45) is 35.6. The first-order chi connectivity index (χ1) is 68.1. The van der Waals surface area contributed by atoms with Crippen LogP contribution in [0.5, 0.6) is 5.75 Å². The number of carboxylic acid groups (broad SMARTS) is 4. The summed E-state index contributed by atoms with van der Waals surface area (Å²) in [6, 6.07) is 4.91. The van der Waals surface area contributed by atoms with Gasteiger partial charge in [-0.3, -0.25) is 119 Å². The number of hydrogen-bond acceptors (Lipinski definition) is 29. The number of allylic oxidation sites excluding steroid dienone is 4. The molecule has 3 atom stereocenters. The summed E-state index contributed by atoms with van der Waals surface area (Å²) in [7, 11) is -3.25. The summed E-state index contributed by atoms with van der Waals surface area (Å²) in [5.74, 6) is -15.6. The summed E-state index contributed by atoms with van der Waals surface area (Å²) in [5, 5.41) is 59.8. The van der Waals surface area contributed by atoms with Crippen LogP contribution in [0.25, 0.3) is 0 Å². The zero-order chi connectivity index (χ0) is 107. The molecule has 0 bridgehead atoms. The molecule has 0 aliphatic carbocycles. The van der Waals surface area contributed by atoms with E-state index < -0.39 is 223 Å². The van der Waals surface area contributed by atoms with E-state index in [1.807, 2.05) is 0 Å². The average Bonchev–Trinajstić information content (AvgIpc) is 0.883. The number of esters is 2. The molecule has 143 heavy (non-hydrogen) atoms. The molecule has 1 aromatic rings. The minimum Gasteiger partial charge on any atom is -0.508 e. The molecule has 1 aromatic carbocycles. The number of rotatable bonds is 91. The third-order valence-electron chi connectivity index (χ3n) is 21.7. The van der Waals surface area contributed by atoms with Crippen LogP contribution in [0, 0.1) is 0 Å². The number of amides is 9. The Labute approximate surface area is 838 Å². The number of carboxylic acids is 4. The molecule has 0 spiro atoms. The van der Waals surface area contributed by atoms with Crippen LogP contribution in [-0.4, -0.2) is 304 Å². The first-order valence-electron chi connectivity index (χ1n) is 49.7. The second-order valence-electron chi connectivity index (χ2n) is 35.0. The Balaban J connectivity index is 0.00000300. The molecule has 43 nitrogen and oxygen atoms in total. The van der Waals surface area contributed by atoms with Crippen LogP contribution in [0.15, 0.2) is 48.6 Å². The fourth-order valence-corrected chi connectivity index (χ4v) is 14.6. The van der Waals surface area contributed by atoms with Crippen molar-refractivity contribution in [1.29, 1.82) is 0 Å². The van der Waals surface area contributed by atoms with Gasteiger partial charge in [0, 0.05) is 96.4 Å². The van der Waals surface area contributed by atoms with Gasteiger partial charge in [0.05, 0.1) is 71.6 Å². The van der Waals surface area contributed by atoms with E-state index in [4.69, 9.17) is 23.6 Å². The highest BCUT2D eigenvalue weighted by molar-refractivity contribution is 7.47. The van der Waals surface area contributed by atoms with Crippen LogP contribution in [0.3, 0.4) is 0 Å². The van der Waals surface area contributed by atoms with Gasteiger partial charge in [-0.15, -0.1) is 0 Å². The van der Waals surface area contributed by atoms with Gasteiger partial charge in [0.25, 0.3) is 0 Å². The number of nitrogens with zero attached hydrogens (tertiary/aromatic N) is 4. The highest BCUT2D eigenvalue weighted by Crippen LogP contribution is 2.43. The molecule has 806 valence electrons. The third-order valence-corrected chi connectivity index (χ3v) is 22.7. The number of aromatic hydroxyl groups is 1. The number of likely N-dealkylation sites (N-methyl/N-ethyl adjacent to an activating group) is 1. The van der Waals surface area contributed by atoms with Crippen molar-refractivity contribution in [2.45, 2.75) is 322 Å². The molecule has 0 heterocycles. The van der Waals surface area contributed by atoms with Gasteiger partial charge in [-0.05, 0) is 128 Å². The molecule has 1 rings (SSSR count). The second-order valence-corrected chi connectivity index (χ2v) is 36.5. The van der Waals surface area contributed by atoms with Gasteiger partial charge in [-0.25, -0.2) is 4.57 Å². The lowest BCUT2D eigenvalue weighted by molar-refractivity contribution is -0.161. The van der Waals surface area contributed by atoms with E-state index in [9.17, 15) is 135 Å². The smallest absolute Gasteiger partial charge is 0.472 e. The number of aliphatic carboxylic acids is 4. The Morgan fingerprint density at radius 2 is 0.783 bits per heavy atom. The van der Waals surface area contributed by atoms with Crippen LogP contribution in [-0.2, 0) is 135 Å². The number of ketones is 7. The molecule has 0 aliphatic rings. The predicted molar refractivity (Wildman–Crippen MR) is 524 cm³/mol. The maximum absolute atomic E-state index is 12.9. The Kier molecular flexibility index (Phi) is 76.9. The highest BCUT2D eigenvalue weighted by atomic mass is 31.2. The normalized spacial score (nSPS) is 11.8. The van der Waals surface area contributed by atoms with E-state index in [0.717, 1.165) is 86.8 Å². The number of unbranched alkanes of at least 4 members (excludes halogenated alkanes) is 23. The highest BCUT2D eigenvalue weighted by Gasteiger charge is 2.30. The van der Waals surface area contributed by atoms with Crippen molar-refractivity contribution in [3.05, 3.63) is 54.1 Å². The number of phenolic OH excluding ortho intramolecular Hbond substituents is 1. The Morgan fingerprint density at radius 1 is 0.378 bits per heavy atom. The number of benzene rings is 1. The Hall–Kier alpha value is -11.7. The van der Waals surface area contributed by atoms with Gasteiger partial charge in [0.15, 0.2) is 35.0 Å². The molecule has 0 radical (unpaired) electrons. The first kappa shape index (κ1) is 131. The van der Waals surface area contributed by atoms with Crippen LogP contribution in [0.1, 0.15) is 309 Å². The van der Waals surface area contributed by atoms with E-state index in [2.05, 4.69) is 70.1 Å². The lowest BCUT2D eigenvalue weighted by Crippen LogP contribution is -2.47. The molecule has 9 amide bonds. The topological polar surface area (TPSA) is 636 Å². The molecule has 44 heteroatoms. The maximum Gasteiger partial charge on any atom is 0.472 e. The monoisotopic (exact) mass is 2050 g/mol. The number of ether oxygens (including phenoxy) is 2. The molecule has 2 unspecified atom stereocenters. The zero-order valence-corrected chi connectivity index (χ0v) is 84.8. The standard InChI is InChI=1S/C63H108N3O17P.C36H49N7O16/c1-4-6-8-10-12-14-16-18-20-22-24-26-28-30-32-40-62(76)80-51-57(83-63(77)41-33-31-29-27-25-23-21-19-17-15-13-11-9-7-5-2)52-82-84(78,79)81-46-36-38-54(68)37-34-35-39-58(71)65-48-55(69)43-45-60(73)66(50-61(74)75)49-56(70)42-44-59(72)64-47-53(3)67;1-41(19-34(54)55)17-30(50)37-12-2-3-26(47)16-42(20-35(56)57)32(52)11-8-25(46)14-38-31(51)18-43(21-36(58)59)33(53)15-39-29(49)10-9-28(48)27(40-22-44)13-23-4-6-24(45)7-5-23/h18-21,57H,4-17,22-52H2,1-3H3,(H,64,72)(H,65,71)(H,74,75)(H,78,79);4-7,22,27,45H,2-3,8-21H2,1H3,(H,37,50)(H,38,51)(H,39,49)(H,40,44)(H,54,55)(H,56,57)(H,58,59)/b20-18+,21-19+;/t;27-/m.0/s1. The van der Waals surface area contributed by atoms with E-state index in [1.54, 1.807) is 12.1 Å². The molecule has 0 saturated heterocycles. The quantitative estimate of drug-likeness (QED) is 0.00959. The first-order valence-corrected chi connectivity index (χ1v) is 51.2. The van der Waals surface area contributed by atoms with Gasteiger partial charge in [0.2, 0.25) is 53.7 Å². The molecule has 12 N–H and O–H groups in total. The average molecular weight is 2050 g/mol. The lowest BCUT2D eigenvalue weighted by Gasteiger charge is -2.21. The van der Waals surface area contributed by atoms with Crippen molar-refractivity contribution >= 4 is 138 Å². The molecule has 0 aromatic heterocycles. The SMILES string of the molecule is CCCCCCCC/C=C/CCCCCCCC(=O)OCC(COP(=O)(O)OCCCC(=O)CCCCC(=O)NCC(=O)CCC(=O)N(CC(=O)O)CC(=O)CCC(=O)NCC(C)=O)OC(=O)CCCCCCC/C=C/CCCCCCCC.CN(CC(=O)O)CC(=O)NCCCC(=O)CN(CC(=O)O)C(=O)CCC(=O)CNC(=O)CN(CC(=O)O)C(=O)CNC(=O)CCC(=O)[C@H](Cc1ccc(O)cc1)NC=O.